The molecule has 3 aromatic rings. The average Bonchev–Trinajstić information content (AvgIpc) is 2.64. The second-order valence-corrected chi connectivity index (χ2v) is 7.38. The van der Waals surface area contributed by atoms with Gasteiger partial charge in [0.2, 0.25) is 0 Å². The number of pyridine rings is 1. The first kappa shape index (κ1) is 19.2. The smallest absolute Gasteiger partial charge is 0.341 e. The first-order valence-electron chi connectivity index (χ1n) is 8.64. The summed E-state index contributed by atoms with van der Waals surface area (Å²) in [6.45, 7) is 6.21. The van der Waals surface area contributed by atoms with Crippen molar-refractivity contribution in [3.8, 4) is 0 Å². The number of rotatable bonds is 5. The lowest BCUT2D eigenvalue weighted by Crippen LogP contribution is -2.09. The van der Waals surface area contributed by atoms with E-state index in [9.17, 15) is 9.59 Å². The molecule has 0 atom stereocenters. The molecule has 0 unspecified atom stereocenters. The zero-order chi connectivity index (χ0) is 19.6. The van der Waals surface area contributed by atoms with Crippen molar-refractivity contribution in [1.29, 1.82) is 0 Å². The molecule has 5 nitrogen and oxygen atoms in total. The number of ether oxygens (including phenoxy) is 1. The van der Waals surface area contributed by atoms with Gasteiger partial charge in [0.25, 0.3) is 0 Å². The highest BCUT2D eigenvalue weighted by molar-refractivity contribution is 7.98. The Balaban J connectivity index is 1.95. The van der Waals surface area contributed by atoms with E-state index in [1.165, 1.54) is 23.4 Å². The third-order valence-corrected chi connectivity index (χ3v) is 5.09. The molecule has 0 saturated carbocycles. The Kier molecular flexibility index (Phi) is 5.65. The number of carbonyl (C=O) groups excluding carboxylic acids is 1. The minimum Gasteiger partial charge on any atom is -0.457 e. The van der Waals surface area contributed by atoms with E-state index in [1.54, 1.807) is 18.3 Å². The van der Waals surface area contributed by atoms with Crippen LogP contribution in [0, 0.1) is 6.92 Å². The quantitative estimate of drug-likeness (QED) is 0.361. The van der Waals surface area contributed by atoms with Crippen LogP contribution in [0.4, 0.5) is 0 Å². The van der Waals surface area contributed by atoms with Crippen LogP contribution in [0.1, 0.15) is 46.8 Å². The van der Waals surface area contributed by atoms with Gasteiger partial charge in [-0.05, 0) is 54.5 Å². The maximum absolute atomic E-state index is 12.5. The number of carbonyl (C=O) groups is 1. The number of fused-ring (bicyclic) bond motifs is 1. The minimum atomic E-state index is -0.468. The standard InChI is InChI=1S/C21H21NO4S/c1-12(2)16-10-17-14(9-19(23)26-18(17)8-13(16)3)11-25-21(24)15-6-5-7-22-20(15)27-4/h5-10,12H,11H2,1-4H3. The topological polar surface area (TPSA) is 69.4 Å². The van der Waals surface area contributed by atoms with Gasteiger partial charge in [0.15, 0.2) is 0 Å². The predicted octanol–water partition coefficient (Wildman–Crippen LogP) is 4.70. The van der Waals surface area contributed by atoms with Gasteiger partial charge in [-0.3, -0.25) is 0 Å². The third kappa shape index (κ3) is 4.06. The highest BCUT2D eigenvalue weighted by Crippen LogP contribution is 2.27. The lowest BCUT2D eigenvalue weighted by atomic mass is 9.95. The number of hydrogen-bond donors (Lipinski definition) is 0. The highest BCUT2D eigenvalue weighted by atomic mass is 32.2. The SMILES string of the molecule is CSc1ncccc1C(=O)OCc1cc(=O)oc2cc(C)c(C(C)C)cc12. The zero-order valence-electron chi connectivity index (χ0n) is 15.7. The summed E-state index contributed by atoms with van der Waals surface area (Å²) in [5.74, 6) is -0.138. The van der Waals surface area contributed by atoms with Gasteiger partial charge in [0, 0.05) is 23.2 Å². The van der Waals surface area contributed by atoms with Crippen molar-refractivity contribution in [1.82, 2.24) is 4.98 Å². The Morgan fingerprint density at radius 3 is 2.78 bits per heavy atom. The molecule has 0 radical (unpaired) electrons. The molecule has 0 aliphatic heterocycles. The van der Waals surface area contributed by atoms with Crippen LogP contribution < -0.4 is 5.63 Å². The van der Waals surface area contributed by atoms with Gasteiger partial charge in [-0.25, -0.2) is 14.6 Å². The summed E-state index contributed by atoms with van der Waals surface area (Å²) in [6.07, 6.45) is 3.49. The number of benzene rings is 1. The van der Waals surface area contributed by atoms with Crippen LogP contribution in [0.5, 0.6) is 0 Å². The molecule has 2 aromatic heterocycles. The molecule has 0 aliphatic carbocycles. The van der Waals surface area contributed by atoms with Crippen molar-refractivity contribution in [2.45, 2.75) is 38.3 Å². The number of aryl methyl sites for hydroxylation is 1. The molecule has 0 bridgehead atoms. The molecule has 0 fully saturated rings. The van der Waals surface area contributed by atoms with Crippen molar-refractivity contribution < 1.29 is 13.9 Å². The van der Waals surface area contributed by atoms with Crippen molar-refractivity contribution >= 4 is 28.7 Å². The van der Waals surface area contributed by atoms with Gasteiger partial charge in [0.1, 0.15) is 17.2 Å². The summed E-state index contributed by atoms with van der Waals surface area (Å²) in [7, 11) is 0. The maximum Gasteiger partial charge on any atom is 0.341 e. The van der Waals surface area contributed by atoms with E-state index in [4.69, 9.17) is 9.15 Å². The second kappa shape index (κ2) is 7.96. The van der Waals surface area contributed by atoms with Gasteiger partial charge in [-0.1, -0.05) is 13.8 Å². The van der Waals surface area contributed by atoms with Crippen molar-refractivity contribution in [2.75, 3.05) is 6.26 Å². The molecular weight excluding hydrogens is 362 g/mol. The molecule has 0 saturated heterocycles. The van der Waals surface area contributed by atoms with Crippen LogP contribution in [0.25, 0.3) is 11.0 Å². The molecule has 6 heteroatoms. The molecule has 0 amide bonds. The average molecular weight is 383 g/mol. The van der Waals surface area contributed by atoms with Gasteiger partial charge in [-0.2, -0.15) is 0 Å². The van der Waals surface area contributed by atoms with Crippen LogP contribution in [-0.2, 0) is 11.3 Å². The largest absolute Gasteiger partial charge is 0.457 e. The summed E-state index contributed by atoms with van der Waals surface area (Å²) in [6, 6.07) is 8.64. The van der Waals surface area contributed by atoms with Gasteiger partial charge < -0.3 is 9.15 Å². The predicted molar refractivity (Wildman–Crippen MR) is 106 cm³/mol. The number of esters is 1. The Bertz CT molecular complexity index is 1060. The van der Waals surface area contributed by atoms with Crippen molar-refractivity contribution in [3.05, 3.63) is 69.2 Å². The molecule has 3 rings (SSSR count). The lowest BCUT2D eigenvalue weighted by Gasteiger charge is -2.13. The maximum atomic E-state index is 12.5. The van der Waals surface area contributed by atoms with E-state index in [1.807, 2.05) is 25.3 Å². The zero-order valence-corrected chi connectivity index (χ0v) is 16.6. The van der Waals surface area contributed by atoms with E-state index in [-0.39, 0.29) is 6.61 Å². The number of thioether (sulfide) groups is 1. The highest BCUT2D eigenvalue weighted by Gasteiger charge is 2.16. The summed E-state index contributed by atoms with van der Waals surface area (Å²) < 4.78 is 10.8. The molecule has 140 valence electrons. The lowest BCUT2D eigenvalue weighted by molar-refractivity contribution is 0.0468. The minimum absolute atomic E-state index is 0.00968. The van der Waals surface area contributed by atoms with Crippen molar-refractivity contribution in [2.24, 2.45) is 0 Å². The summed E-state index contributed by atoms with van der Waals surface area (Å²) in [5, 5.41) is 1.39. The summed E-state index contributed by atoms with van der Waals surface area (Å²) >= 11 is 1.38. The molecule has 27 heavy (non-hydrogen) atoms. The second-order valence-electron chi connectivity index (χ2n) is 6.59. The molecule has 0 spiro atoms. The third-order valence-electron chi connectivity index (χ3n) is 4.38. The summed E-state index contributed by atoms with van der Waals surface area (Å²) in [5.41, 5.74) is 3.32. The van der Waals surface area contributed by atoms with E-state index in [0.29, 0.717) is 27.7 Å². The summed E-state index contributed by atoms with van der Waals surface area (Å²) in [4.78, 5) is 28.6. The van der Waals surface area contributed by atoms with Crippen LogP contribution >= 0.6 is 11.8 Å². The normalized spacial score (nSPS) is 11.1. The molecule has 0 aliphatic rings. The first-order valence-corrected chi connectivity index (χ1v) is 9.86. The van der Waals surface area contributed by atoms with Crippen molar-refractivity contribution in [3.63, 3.8) is 0 Å². The van der Waals surface area contributed by atoms with E-state index in [2.05, 4.69) is 18.8 Å². The molecule has 0 N–H and O–H groups in total. The van der Waals surface area contributed by atoms with Crippen LogP contribution in [0.15, 0.2) is 50.8 Å². The fourth-order valence-electron chi connectivity index (χ4n) is 3.06. The molecule has 1 aromatic carbocycles. The first-order chi connectivity index (χ1) is 12.9. The number of aromatic nitrogens is 1. The monoisotopic (exact) mass is 383 g/mol. The molecule has 2 heterocycles. The van der Waals surface area contributed by atoms with E-state index < -0.39 is 11.6 Å². The Hall–Kier alpha value is -2.60. The van der Waals surface area contributed by atoms with Crippen LogP contribution in [0.3, 0.4) is 0 Å². The van der Waals surface area contributed by atoms with Gasteiger partial charge in [0.05, 0.1) is 5.56 Å². The van der Waals surface area contributed by atoms with Gasteiger partial charge >= 0.3 is 11.6 Å². The number of hydrogen-bond acceptors (Lipinski definition) is 6. The Morgan fingerprint density at radius 2 is 2.07 bits per heavy atom. The fourth-order valence-corrected chi connectivity index (χ4v) is 3.60. The number of nitrogens with zero attached hydrogens (tertiary/aromatic N) is 1. The molecular formula is C21H21NO4S. The van der Waals surface area contributed by atoms with Crippen LogP contribution in [-0.4, -0.2) is 17.2 Å². The van der Waals surface area contributed by atoms with E-state index >= 15 is 0 Å². The van der Waals surface area contributed by atoms with Gasteiger partial charge in [-0.15, -0.1) is 11.8 Å². The Morgan fingerprint density at radius 1 is 1.30 bits per heavy atom. The van der Waals surface area contributed by atoms with E-state index in [0.717, 1.165) is 10.9 Å². The fraction of sp³-hybridized carbons (Fsp3) is 0.286. The Labute approximate surface area is 161 Å². The van der Waals surface area contributed by atoms with Crippen LogP contribution in [0.2, 0.25) is 0 Å².